The van der Waals surface area contributed by atoms with E-state index in [4.69, 9.17) is 4.74 Å². The number of carbonyl (C=O) groups excluding carboxylic acids is 3. The number of Topliss-reactive ketones (excluding diaryl/α,β-unsaturated/α-hetero) is 1. The lowest BCUT2D eigenvalue weighted by molar-refractivity contribution is 0.0475. The monoisotopic (exact) mass is 492 g/mol. The lowest BCUT2D eigenvalue weighted by Crippen LogP contribution is -2.30. The number of nitrogens with zero attached hydrogens (tertiary/aromatic N) is 1. The normalized spacial score (nSPS) is 12.7. The zero-order valence-corrected chi connectivity index (χ0v) is 19.9. The van der Waals surface area contributed by atoms with Gasteiger partial charge >= 0.3 is 5.97 Å². The molecule has 0 fully saturated rings. The van der Waals surface area contributed by atoms with Gasteiger partial charge < -0.3 is 10.1 Å². The molecule has 1 heterocycles. The third-order valence-electron chi connectivity index (χ3n) is 5.72. The van der Waals surface area contributed by atoms with E-state index in [9.17, 15) is 22.8 Å². The second-order valence-corrected chi connectivity index (χ2v) is 10.1. The van der Waals surface area contributed by atoms with E-state index in [1.165, 1.54) is 16.4 Å². The molecule has 180 valence electrons. The van der Waals surface area contributed by atoms with Crippen molar-refractivity contribution in [2.45, 2.75) is 13.3 Å². The molecule has 4 rings (SSSR count). The molecule has 3 aromatic rings. The van der Waals surface area contributed by atoms with Crippen molar-refractivity contribution in [3.8, 4) is 0 Å². The van der Waals surface area contributed by atoms with Crippen LogP contribution in [0.15, 0.2) is 72.8 Å². The lowest BCUT2D eigenvalue weighted by atomic mass is 10.1. The van der Waals surface area contributed by atoms with Gasteiger partial charge in [-0.1, -0.05) is 30.3 Å². The number of nitrogens with one attached hydrogen (secondary N) is 1. The summed E-state index contributed by atoms with van der Waals surface area (Å²) in [5.74, 6) is -1.54. The number of benzene rings is 3. The van der Waals surface area contributed by atoms with Crippen LogP contribution in [0.4, 0.5) is 11.4 Å². The van der Waals surface area contributed by atoms with Crippen molar-refractivity contribution in [2.24, 2.45) is 0 Å². The molecular formula is C26H24N2O6S. The molecule has 35 heavy (non-hydrogen) atoms. The molecule has 9 heteroatoms. The smallest absolute Gasteiger partial charge is 0.340 e. The second kappa shape index (κ2) is 10.1. The van der Waals surface area contributed by atoms with E-state index in [-0.39, 0.29) is 22.9 Å². The Hall–Kier alpha value is -3.98. The lowest BCUT2D eigenvalue weighted by Gasteiger charge is -2.18. The third-order valence-corrected chi connectivity index (χ3v) is 7.50. The van der Waals surface area contributed by atoms with E-state index in [0.717, 1.165) is 5.56 Å². The topological polar surface area (TPSA) is 110 Å². The van der Waals surface area contributed by atoms with Gasteiger partial charge in [0, 0.05) is 17.7 Å². The second-order valence-electron chi connectivity index (χ2n) is 7.93. The third kappa shape index (κ3) is 5.25. The Morgan fingerprint density at radius 2 is 1.66 bits per heavy atom. The highest BCUT2D eigenvalue weighted by Gasteiger charge is 2.28. The minimum absolute atomic E-state index is 0.00362. The van der Waals surface area contributed by atoms with Crippen LogP contribution in [0.5, 0.6) is 0 Å². The van der Waals surface area contributed by atoms with Crippen molar-refractivity contribution in [1.82, 2.24) is 0 Å². The highest BCUT2D eigenvalue weighted by atomic mass is 32.2. The summed E-state index contributed by atoms with van der Waals surface area (Å²) in [7, 11) is -3.38. The van der Waals surface area contributed by atoms with Gasteiger partial charge in [-0.2, -0.15) is 0 Å². The molecule has 0 radical (unpaired) electrons. The first-order chi connectivity index (χ1) is 16.8. The van der Waals surface area contributed by atoms with Gasteiger partial charge in [-0.05, 0) is 61.4 Å². The first-order valence-corrected chi connectivity index (χ1v) is 12.7. The van der Waals surface area contributed by atoms with E-state index < -0.39 is 28.4 Å². The Kier molecular flexibility index (Phi) is 6.97. The molecule has 0 saturated carbocycles. The first kappa shape index (κ1) is 24.2. The molecule has 0 atom stereocenters. The standard InChI is InChI=1S/C26H24N2O6S/c1-2-35(32,33)28-15-14-19-16-20(12-13-23(19)28)24(29)17-34-26(31)21-10-6-7-11-22(21)27-25(30)18-8-4-3-5-9-18/h3-13,16H,2,14-15,17H2,1H3,(H,27,30). The van der Waals surface area contributed by atoms with Crippen LogP contribution in [0.1, 0.15) is 43.6 Å². The van der Waals surface area contributed by atoms with Gasteiger partial charge in [0.2, 0.25) is 10.0 Å². The molecule has 0 aromatic heterocycles. The molecule has 0 spiro atoms. The SMILES string of the molecule is CCS(=O)(=O)N1CCc2cc(C(=O)COC(=O)c3ccccc3NC(=O)c3ccccc3)ccc21. The van der Waals surface area contributed by atoms with Crippen LogP contribution in [0.3, 0.4) is 0 Å². The Morgan fingerprint density at radius 3 is 2.40 bits per heavy atom. The number of sulfonamides is 1. The maximum absolute atomic E-state index is 12.7. The Morgan fingerprint density at radius 1 is 0.943 bits per heavy atom. The maximum Gasteiger partial charge on any atom is 0.340 e. The number of hydrogen-bond donors (Lipinski definition) is 1. The van der Waals surface area contributed by atoms with E-state index in [2.05, 4.69) is 5.32 Å². The van der Waals surface area contributed by atoms with Gasteiger partial charge in [0.05, 0.1) is 22.7 Å². The summed E-state index contributed by atoms with van der Waals surface area (Å²) in [6.07, 6.45) is 0.504. The van der Waals surface area contributed by atoms with Crippen molar-refractivity contribution in [1.29, 1.82) is 0 Å². The van der Waals surface area contributed by atoms with Crippen LogP contribution in [0.2, 0.25) is 0 Å². The predicted molar refractivity (Wildman–Crippen MR) is 132 cm³/mol. The van der Waals surface area contributed by atoms with Crippen LogP contribution in [-0.4, -0.2) is 45.0 Å². The van der Waals surface area contributed by atoms with E-state index in [1.54, 1.807) is 67.6 Å². The minimum atomic E-state index is -3.38. The molecule has 0 saturated heterocycles. The Balaban J connectivity index is 1.43. The van der Waals surface area contributed by atoms with Crippen molar-refractivity contribution in [2.75, 3.05) is 28.5 Å². The molecule has 1 aliphatic heterocycles. The highest BCUT2D eigenvalue weighted by molar-refractivity contribution is 7.92. The number of anilines is 2. The average molecular weight is 493 g/mol. The van der Waals surface area contributed by atoms with Crippen molar-refractivity contribution < 1.29 is 27.5 Å². The van der Waals surface area contributed by atoms with E-state index in [0.29, 0.717) is 29.8 Å². The predicted octanol–water partition coefficient (Wildman–Crippen LogP) is 3.69. The molecule has 1 amide bonds. The fourth-order valence-electron chi connectivity index (χ4n) is 3.84. The number of esters is 1. The number of carbonyl (C=O) groups is 3. The van der Waals surface area contributed by atoms with Crippen LogP contribution in [-0.2, 0) is 21.2 Å². The van der Waals surface area contributed by atoms with Crippen molar-refractivity contribution in [3.63, 3.8) is 0 Å². The summed E-state index contributed by atoms with van der Waals surface area (Å²) >= 11 is 0. The van der Waals surface area contributed by atoms with Gasteiger partial charge in [-0.15, -0.1) is 0 Å². The van der Waals surface area contributed by atoms with Gasteiger partial charge in [-0.25, -0.2) is 13.2 Å². The molecule has 8 nitrogen and oxygen atoms in total. The number of ketones is 1. The summed E-state index contributed by atoms with van der Waals surface area (Å²) in [5.41, 5.74) is 2.50. The number of rotatable bonds is 8. The van der Waals surface area contributed by atoms with E-state index in [1.807, 2.05) is 0 Å². The van der Waals surface area contributed by atoms with Crippen molar-refractivity contribution in [3.05, 3.63) is 95.1 Å². The van der Waals surface area contributed by atoms with Gasteiger partial charge in [0.1, 0.15) is 0 Å². The average Bonchev–Trinajstić information content (AvgIpc) is 3.32. The summed E-state index contributed by atoms with van der Waals surface area (Å²) in [6.45, 7) is 1.43. The molecule has 3 aromatic carbocycles. The number of amides is 1. The zero-order valence-electron chi connectivity index (χ0n) is 19.1. The molecule has 0 bridgehead atoms. The molecule has 1 N–H and O–H groups in total. The van der Waals surface area contributed by atoms with E-state index >= 15 is 0 Å². The molecule has 1 aliphatic rings. The highest BCUT2D eigenvalue weighted by Crippen LogP contribution is 2.31. The van der Waals surface area contributed by atoms with Crippen LogP contribution in [0, 0.1) is 0 Å². The van der Waals surface area contributed by atoms with Gasteiger partial charge in [-0.3, -0.25) is 13.9 Å². The van der Waals surface area contributed by atoms with Gasteiger partial charge in [0.15, 0.2) is 12.4 Å². The molecular weight excluding hydrogens is 468 g/mol. The van der Waals surface area contributed by atoms with Crippen LogP contribution >= 0.6 is 0 Å². The van der Waals surface area contributed by atoms with Gasteiger partial charge in [0.25, 0.3) is 5.91 Å². The van der Waals surface area contributed by atoms with Crippen molar-refractivity contribution >= 4 is 39.1 Å². The quantitative estimate of drug-likeness (QED) is 0.379. The summed E-state index contributed by atoms with van der Waals surface area (Å²) in [4.78, 5) is 37.9. The number of para-hydroxylation sites is 1. The Labute approximate surface area is 203 Å². The molecule has 0 aliphatic carbocycles. The maximum atomic E-state index is 12.7. The zero-order chi connectivity index (χ0) is 25.0. The first-order valence-electron chi connectivity index (χ1n) is 11.1. The number of ether oxygens (including phenoxy) is 1. The Bertz CT molecular complexity index is 1390. The van der Waals surface area contributed by atoms with Crippen LogP contribution in [0.25, 0.3) is 0 Å². The summed E-state index contributed by atoms with van der Waals surface area (Å²) in [5, 5.41) is 2.70. The summed E-state index contributed by atoms with van der Waals surface area (Å²) in [6, 6.07) is 19.8. The largest absolute Gasteiger partial charge is 0.454 e. The molecule has 0 unspecified atom stereocenters. The summed E-state index contributed by atoms with van der Waals surface area (Å²) < 4.78 is 31.1. The number of fused-ring (bicyclic) bond motifs is 1. The number of hydrogen-bond acceptors (Lipinski definition) is 6. The van der Waals surface area contributed by atoms with Crippen LogP contribution < -0.4 is 9.62 Å². The fourth-order valence-corrected chi connectivity index (χ4v) is 4.99. The fraction of sp³-hybridized carbons (Fsp3) is 0.192. The minimum Gasteiger partial charge on any atom is -0.454 e.